The summed E-state index contributed by atoms with van der Waals surface area (Å²) in [5, 5.41) is 0. The van der Waals surface area contributed by atoms with Crippen molar-refractivity contribution in [1.82, 2.24) is 0 Å². The molecular weight excluding hydrogens is 164 g/mol. The van der Waals surface area contributed by atoms with Crippen LogP contribution >= 0.6 is 0 Å². The lowest BCUT2D eigenvalue weighted by molar-refractivity contribution is -0.115. The number of rotatable bonds is 3. The highest BCUT2D eigenvalue weighted by Crippen LogP contribution is 2.15. The van der Waals surface area contributed by atoms with Crippen LogP contribution in [0.4, 0.5) is 0 Å². The number of hydrogen-bond donors (Lipinski definition) is 0. The van der Waals surface area contributed by atoms with Crippen LogP contribution in [-0.2, 0) is 9.53 Å². The topological polar surface area (TPSA) is 26.3 Å². The number of allylic oxidation sites excluding steroid dienone is 2. The summed E-state index contributed by atoms with van der Waals surface area (Å²) in [6.07, 6.45) is 4.84. The fourth-order valence-electron chi connectivity index (χ4n) is 1.23. The van der Waals surface area contributed by atoms with Crippen molar-refractivity contribution in [2.45, 2.75) is 32.6 Å². The summed E-state index contributed by atoms with van der Waals surface area (Å²) in [4.78, 5) is 11.0. The minimum absolute atomic E-state index is 0.183. The number of ether oxygens (including phenoxy) is 1. The maximum absolute atomic E-state index is 11.0. The monoisotopic (exact) mass is 178 g/mol. The van der Waals surface area contributed by atoms with Crippen molar-refractivity contribution in [2.24, 2.45) is 0 Å². The van der Waals surface area contributed by atoms with Gasteiger partial charge in [0.25, 0.3) is 0 Å². The second-order valence-corrected chi connectivity index (χ2v) is 2.96. The van der Waals surface area contributed by atoms with Gasteiger partial charge in [-0.25, -0.2) is 0 Å². The molecule has 1 aliphatic rings. The summed E-state index contributed by atoms with van der Waals surface area (Å²) < 4.78 is 5.39. The van der Waals surface area contributed by atoms with E-state index in [0.29, 0.717) is 13.0 Å². The first-order valence-electron chi connectivity index (χ1n) is 4.58. The van der Waals surface area contributed by atoms with Crippen molar-refractivity contribution in [3.8, 4) is 11.8 Å². The van der Waals surface area contributed by atoms with E-state index >= 15 is 0 Å². The summed E-state index contributed by atoms with van der Waals surface area (Å²) in [5.41, 5.74) is 0. The minimum Gasteiger partial charge on any atom is -0.497 e. The summed E-state index contributed by atoms with van der Waals surface area (Å²) in [6.45, 7) is 2.41. The van der Waals surface area contributed by atoms with E-state index < -0.39 is 0 Å². The average molecular weight is 178 g/mol. The van der Waals surface area contributed by atoms with E-state index in [-0.39, 0.29) is 5.78 Å². The van der Waals surface area contributed by atoms with Gasteiger partial charge in [0, 0.05) is 25.3 Å². The molecule has 13 heavy (non-hydrogen) atoms. The van der Waals surface area contributed by atoms with Crippen LogP contribution in [0.15, 0.2) is 11.8 Å². The molecule has 0 bridgehead atoms. The number of hydrogen-bond acceptors (Lipinski definition) is 2. The molecule has 70 valence electrons. The first-order chi connectivity index (χ1) is 6.33. The normalized spacial score (nSPS) is 15.8. The van der Waals surface area contributed by atoms with E-state index in [2.05, 4.69) is 11.8 Å². The zero-order valence-electron chi connectivity index (χ0n) is 7.93. The van der Waals surface area contributed by atoms with Crippen LogP contribution in [-0.4, -0.2) is 12.4 Å². The molecule has 0 aromatic carbocycles. The van der Waals surface area contributed by atoms with Gasteiger partial charge in [0.15, 0.2) is 5.78 Å². The third-order valence-corrected chi connectivity index (χ3v) is 1.86. The Morgan fingerprint density at radius 3 is 3.08 bits per heavy atom. The Labute approximate surface area is 79.0 Å². The molecule has 0 fully saturated rings. The van der Waals surface area contributed by atoms with Crippen LogP contribution in [0, 0.1) is 11.8 Å². The first kappa shape index (κ1) is 9.85. The molecule has 0 heterocycles. The molecule has 0 N–H and O–H groups in total. The number of carbonyl (C=O) groups excluding carboxylic acids is 1. The smallest absolute Gasteiger partial charge is 0.159 e. The summed E-state index contributed by atoms with van der Waals surface area (Å²) in [5.74, 6) is 6.72. The standard InChI is InChI=1S/C11H14O2/c1-2-3-4-8-13-11-7-5-6-10(12)9-11/h9H,4-8H2,1H3. The van der Waals surface area contributed by atoms with Crippen LogP contribution in [0.1, 0.15) is 32.6 Å². The van der Waals surface area contributed by atoms with Crippen molar-refractivity contribution in [3.63, 3.8) is 0 Å². The van der Waals surface area contributed by atoms with Gasteiger partial charge in [0.05, 0.1) is 12.4 Å². The maximum atomic E-state index is 11.0. The largest absolute Gasteiger partial charge is 0.497 e. The Morgan fingerprint density at radius 2 is 2.38 bits per heavy atom. The van der Waals surface area contributed by atoms with E-state index in [9.17, 15) is 4.79 Å². The zero-order valence-corrected chi connectivity index (χ0v) is 7.93. The molecular formula is C11H14O2. The molecule has 2 heteroatoms. The summed E-state index contributed by atoms with van der Waals surface area (Å²) in [7, 11) is 0. The SMILES string of the molecule is CC#CCCOC1=CC(=O)CCC1. The molecule has 0 aliphatic heterocycles. The Bertz CT molecular complexity index is 266. The molecule has 0 unspecified atom stereocenters. The third-order valence-electron chi connectivity index (χ3n) is 1.86. The van der Waals surface area contributed by atoms with Crippen molar-refractivity contribution in [3.05, 3.63) is 11.8 Å². The molecule has 0 aromatic rings. The second kappa shape index (κ2) is 5.42. The van der Waals surface area contributed by atoms with Gasteiger partial charge in [-0.3, -0.25) is 4.79 Å². The van der Waals surface area contributed by atoms with Crippen molar-refractivity contribution < 1.29 is 9.53 Å². The van der Waals surface area contributed by atoms with Crippen LogP contribution in [0.3, 0.4) is 0 Å². The molecule has 0 spiro atoms. The van der Waals surface area contributed by atoms with Gasteiger partial charge in [-0.1, -0.05) is 0 Å². The van der Waals surface area contributed by atoms with Crippen LogP contribution in [0.5, 0.6) is 0 Å². The Hall–Kier alpha value is -1.23. The molecule has 0 amide bonds. The minimum atomic E-state index is 0.183. The van der Waals surface area contributed by atoms with Crippen LogP contribution < -0.4 is 0 Å². The summed E-state index contributed by atoms with van der Waals surface area (Å²) in [6, 6.07) is 0. The highest BCUT2D eigenvalue weighted by Gasteiger charge is 2.09. The lowest BCUT2D eigenvalue weighted by atomic mass is 10.1. The lowest BCUT2D eigenvalue weighted by Crippen LogP contribution is -2.05. The predicted molar refractivity (Wildman–Crippen MR) is 51.0 cm³/mol. The predicted octanol–water partition coefficient (Wildman–Crippen LogP) is 2.05. The third kappa shape index (κ3) is 3.80. The molecule has 0 aromatic heterocycles. The molecule has 0 atom stereocenters. The number of carbonyl (C=O) groups is 1. The fourth-order valence-corrected chi connectivity index (χ4v) is 1.23. The average Bonchev–Trinajstić information content (AvgIpc) is 2.13. The van der Waals surface area contributed by atoms with E-state index in [1.165, 1.54) is 0 Å². The van der Waals surface area contributed by atoms with Crippen molar-refractivity contribution in [1.29, 1.82) is 0 Å². The quantitative estimate of drug-likeness (QED) is 0.488. The van der Waals surface area contributed by atoms with E-state index in [1.807, 2.05) is 6.92 Å². The van der Waals surface area contributed by atoms with Gasteiger partial charge < -0.3 is 4.74 Å². The van der Waals surface area contributed by atoms with Gasteiger partial charge in [0.2, 0.25) is 0 Å². The number of ketones is 1. The van der Waals surface area contributed by atoms with Gasteiger partial charge in [0.1, 0.15) is 0 Å². The van der Waals surface area contributed by atoms with Gasteiger partial charge in [-0.15, -0.1) is 11.8 Å². The fraction of sp³-hybridized carbons (Fsp3) is 0.545. The first-order valence-corrected chi connectivity index (χ1v) is 4.58. The zero-order chi connectivity index (χ0) is 9.52. The van der Waals surface area contributed by atoms with Gasteiger partial charge >= 0.3 is 0 Å². The van der Waals surface area contributed by atoms with Crippen molar-refractivity contribution >= 4 is 5.78 Å². The molecule has 0 radical (unpaired) electrons. The Morgan fingerprint density at radius 1 is 1.54 bits per heavy atom. The molecule has 1 aliphatic carbocycles. The maximum Gasteiger partial charge on any atom is 0.159 e. The van der Waals surface area contributed by atoms with E-state index in [4.69, 9.17) is 4.74 Å². The molecule has 2 nitrogen and oxygen atoms in total. The lowest BCUT2D eigenvalue weighted by Gasteiger charge is -2.12. The highest BCUT2D eigenvalue weighted by molar-refractivity contribution is 5.90. The van der Waals surface area contributed by atoms with Crippen molar-refractivity contribution in [2.75, 3.05) is 6.61 Å². The van der Waals surface area contributed by atoms with Crippen LogP contribution in [0.2, 0.25) is 0 Å². The molecule has 1 rings (SSSR count). The summed E-state index contributed by atoms with van der Waals surface area (Å²) >= 11 is 0. The van der Waals surface area contributed by atoms with Crippen LogP contribution in [0.25, 0.3) is 0 Å². The Balaban J connectivity index is 2.26. The molecule has 0 saturated heterocycles. The Kier molecular flexibility index (Phi) is 4.11. The van der Waals surface area contributed by atoms with Gasteiger partial charge in [-0.2, -0.15) is 0 Å². The highest BCUT2D eigenvalue weighted by atomic mass is 16.5. The van der Waals surface area contributed by atoms with E-state index in [0.717, 1.165) is 25.0 Å². The second-order valence-electron chi connectivity index (χ2n) is 2.96. The van der Waals surface area contributed by atoms with Gasteiger partial charge in [-0.05, 0) is 13.3 Å². The molecule has 0 saturated carbocycles. The van der Waals surface area contributed by atoms with E-state index in [1.54, 1.807) is 6.08 Å².